The zero-order chi connectivity index (χ0) is 22.1. The van der Waals surface area contributed by atoms with Gasteiger partial charge in [-0.15, -0.1) is 11.8 Å². The number of hydrogen-bond acceptors (Lipinski definition) is 4. The minimum absolute atomic E-state index is 0.188. The highest BCUT2D eigenvalue weighted by Crippen LogP contribution is 1.96. The molecule has 0 saturated heterocycles. The van der Waals surface area contributed by atoms with E-state index in [9.17, 15) is 0 Å². The van der Waals surface area contributed by atoms with Gasteiger partial charge in [0.2, 0.25) is 0 Å². The van der Waals surface area contributed by atoms with Crippen LogP contribution in [-0.2, 0) is 0 Å². The fourth-order valence-electron chi connectivity index (χ4n) is 1.48. The summed E-state index contributed by atoms with van der Waals surface area (Å²) in [6.07, 6.45) is 17.5. The van der Waals surface area contributed by atoms with Crippen LogP contribution in [0.1, 0.15) is 85.0 Å². The minimum Gasteiger partial charge on any atom is -0.396 e. The lowest BCUT2D eigenvalue weighted by atomic mass is 10.2. The van der Waals surface area contributed by atoms with Crippen LogP contribution in [0.15, 0.2) is 24.3 Å². The Morgan fingerprint density at radius 1 is 0.679 bits per heavy atom. The van der Waals surface area contributed by atoms with Gasteiger partial charge in [0.15, 0.2) is 0 Å². The highest BCUT2D eigenvalue weighted by Gasteiger charge is 1.81. The summed E-state index contributed by atoms with van der Waals surface area (Å²) < 4.78 is 0. The molecule has 0 unspecified atom stereocenters. The average molecular weight is 400 g/mol. The first-order chi connectivity index (χ1) is 13.7. The molecular formula is C24H47O4+. The Kier molecular flexibility index (Phi) is 54.9. The van der Waals surface area contributed by atoms with Gasteiger partial charge in [0, 0.05) is 32.7 Å². The number of aliphatic hydroxyl groups excluding tert-OH is 4. The molecule has 0 aliphatic heterocycles. The number of allylic oxidation sites excluding steroid dienone is 2. The van der Waals surface area contributed by atoms with E-state index in [2.05, 4.69) is 38.7 Å². The zero-order valence-corrected chi connectivity index (χ0v) is 18.7. The molecule has 0 amide bonds. The van der Waals surface area contributed by atoms with Gasteiger partial charge in [-0.3, -0.25) is 0 Å². The number of hydrogen-bond donors (Lipinski definition) is 4. The maximum atomic E-state index is 8.29. The van der Waals surface area contributed by atoms with Crippen molar-refractivity contribution in [2.45, 2.75) is 85.0 Å². The lowest BCUT2D eigenvalue weighted by molar-refractivity contribution is 0.283. The van der Waals surface area contributed by atoms with Crippen molar-refractivity contribution in [1.82, 2.24) is 0 Å². The second-order valence-electron chi connectivity index (χ2n) is 5.63. The molecule has 28 heavy (non-hydrogen) atoms. The highest BCUT2D eigenvalue weighted by molar-refractivity contribution is 4.97. The van der Waals surface area contributed by atoms with Crippen LogP contribution in [0, 0.1) is 18.8 Å². The summed E-state index contributed by atoms with van der Waals surface area (Å²) in [5, 5.41) is 32.9. The van der Waals surface area contributed by atoms with E-state index < -0.39 is 0 Å². The highest BCUT2D eigenvalue weighted by atomic mass is 16.3. The van der Waals surface area contributed by atoms with Crippen LogP contribution in [0.3, 0.4) is 0 Å². The Morgan fingerprint density at radius 3 is 1.68 bits per heavy atom. The van der Waals surface area contributed by atoms with Crippen LogP contribution in [0.4, 0.5) is 0 Å². The maximum absolute atomic E-state index is 8.29. The van der Waals surface area contributed by atoms with Crippen molar-refractivity contribution in [3.8, 4) is 11.8 Å². The summed E-state index contributed by atoms with van der Waals surface area (Å²) in [4.78, 5) is 0. The first-order valence-electron chi connectivity index (χ1n) is 10.6. The molecule has 0 bridgehead atoms. The molecule has 0 heterocycles. The van der Waals surface area contributed by atoms with Crippen molar-refractivity contribution in [2.24, 2.45) is 0 Å². The van der Waals surface area contributed by atoms with Gasteiger partial charge < -0.3 is 20.4 Å². The van der Waals surface area contributed by atoms with Crippen LogP contribution in [-0.4, -0.2) is 46.9 Å². The second-order valence-corrected chi connectivity index (χ2v) is 5.63. The molecule has 166 valence electrons. The van der Waals surface area contributed by atoms with E-state index in [1.165, 1.54) is 19.3 Å². The van der Waals surface area contributed by atoms with E-state index >= 15 is 0 Å². The van der Waals surface area contributed by atoms with Gasteiger partial charge >= 0.3 is 0 Å². The lowest BCUT2D eigenvalue weighted by Gasteiger charge is -1.90. The van der Waals surface area contributed by atoms with Crippen molar-refractivity contribution >= 4 is 0 Å². The Bertz CT molecular complexity index is 307. The number of rotatable bonds is 11. The van der Waals surface area contributed by atoms with E-state index in [4.69, 9.17) is 20.4 Å². The predicted octanol–water partition coefficient (Wildman–Crippen LogP) is 4.83. The number of aliphatic hydroxyl groups is 4. The fraction of sp³-hybridized carbons (Fsp3) is 0.708. The van der Waals surface area contributed by atoms with Crippen molar-refractivity contribution in [2.75, 3.05) is 26.4 Å². The van der Waals surface area contributed by atoms with Gasteiger partial charge in [0.1, 0.15) is 6.42 Å². The first-order valence-corrected chi connectivity index (χ1v) is 10.6. The molecular weight excluding hydrogens is 352 g/mol. The Hall–Kier alpha value is -1.25. The molecule has 0 saturated carbocycles. The molecule has 0 aromatic rings. The second kappa shape index (κ2) is 44.9. The molecule has 4 N–H and O–H groups in total. The molecule has 0 aliphatic rings. The van der Waals surface area contributed by atoms with Crippen molar-refractivity contribution in [1.29, 1.82) is 0 Å². The van der Waals surface area contributed by atoms with Crippen LogP contribution < -0.4 is 0 Å². The largest absolute Gasteiger partial charge is 0.396 e. The third kappa shape index (κ3) is 64.2. The van der Waals surface area contributed by atoms with Crippen LogP contribution in [0.2, 0.25) is 0 Å². The molecule has 0 spiro atoms. The Morgan fingerprint density at radius 2 is 1.29 bits per heavy atom. The predicted molar refractivity (Wildman–Crippen MR) is 123 cm³/mol. The molecule has 0 fully saturated rings. The molecule has 0 aromatic carbocycles. The topological polar surface area (TPSA) is 80.9 Å². The smallest absolute Gasteiger partial charge is 0.103 e. The van der Waals surface area contributed by atoms with Gasteiger partial charge in [-0.25, -0.2) is 0 Å². The lowest BCUT2D eigenvalue weighted by Crippen LogP contribution is -1.80. The SMILES string of the molecule is CC/C=C\CCO.CCC#CCCO.CCCCCCO.[CH2+]C/C=C/CCO. The summed E-state index contributed by atoms with van der Waals surface area (Å²) in [6.45, 7) is 10.9. The van der Waals surface area contributed by atoms with Crippen LogP contribution in [0.5, 0.6) is 0 Å². The van der Waals surface area contributed by atoms with Crippen molar-refractivity contribution in [3.63, 3.8) is 0 Å². The molecule has 0 atom stereocenters. The number of unbranched alkanes of at least 4 members (excludes halogenated alkanes) is 3. The Labute approximate surface area is 175 Å². The fourth-order valence-corrected chi connectivity index (χ4v) is 1.48. The molecule has 4 nitrogen and oxygen atoms in total. The van der Waals surface area contributed by atoms with Gasteiger partial charge in [0.25, 0.3) is 0 Å². The summed E-state index contributed by atoms with van der Waals surface area (Å²) in [7, 11) is 0. The Balaban J connectivity index is -0.000000137. The average Bonchev–Trinajstić information content (AvgIpc) is 2.71. The van der Waals surface area contributed by atoms with E-state index in [1.54, 1.807) is 0 Å². The van der Waals surface area contributed by atoms with Gasteiger partial charge in [0.05, 0.1) is 13.5 Å². The summed E-state index contributed by atoms with van der Waals surface area (Å²) in [6, 6.07) is 0. The molecule has 0 radical (unpaired) electrons. The van der Waals surface area contributed by atoms with E-state index in [-0.39, 0.29) is 19.8 Å². The van der Waals surface area contributed by atoms with E-state index in [1.807, 2.05) is 25.2 Å². The maximum Gasteiger partial charge on any atom is 0.103 e. The quantitative estimate of drug-likeness (QED) is 0.174. The van der Waals surface area contributed by atoms with Crippen molar-refractivity contribution in [3.05, 3.63) is 31.2 Å². The molecule has 0 aliphatic carbocycles. The third-order valence-electron chi connectivity index (χ3n) is 2.88. The van der Waals surface area contributed by atoms with Crippen molar-refractivity contribution < 1.29 is 20.4 Å². The standard InChI is InChI=1S/C6H14O.C6H12O.C6H11O.C6H10O/c4*1-2-3-4-5-6-7/h7H,2-6H2,1H3;3-4,7H,2,5-6H2,1H3;3-4,7H,1-2,5-6H2;7H,2,5-6H2,1H3/q;;+1;/b;4-3-;4-3+;. The minimum atomic E-state index is 0.188. The summed E-state index contributed by atoms with van der Waals surface area (Å²) in [5.74, 6) is 5.62. The van der Waals surface area contributed by atoms with E-state index in [0.717, 1.165) is 38.5 Å². The van der Waals surface area contributed by atoms with Crippen LogP contribution in [0.25, 0.3) is 0 Å². The third-order valence-corrected chi connectivity index (χ3v) is 2.88. The van der Waals surface area contributed by atoms with E-state index in [0.29, 0.717) is 13.0 Å². The van der Waals surface area contributed by atoms with Gasteiger partial charge in [-0.1, -0.05) is 58.3 Å². The molecule has 4 heteroatoms. The summed E-state index contributed by atoms with van der Waals surface area (Å²) >= 11 is 0. The normalized spacial score (nSPS) is 9.39. The van der Waals surface area contributed by atoms with Gasteiger partial charge in [-0.2, -0.15) is 0 Å². The zero-order valence-electron chi connectivity index (χ0n) is 18.7. The monoisotopic (exact) mass is 399 g/mol. The summed E-state index contributed by atoms with van der Waals surface area (Å²) in [5.41, 5.74) is 0. The molecule has 0 rings (SSSR count). The molecule has 0 aromatic heterocycles. The van der Waals surface area contributed by atoms with Crippen LogP contribution >= 0.6 is 0 Å². The van der Waals surface area contributed by atoms with Gasteiger partial charge in [-0.05, 0) is 31.8 Å². The first kappa shape index (κ1) is 34.3.